The van der Waals surface area contributed by atoms with Gasteiger partial charge < -0.3 is 9.40 Å². The highest BCUT2D eigenvalue weighted by molar-refractivity contribution is 9.10. The molecule has 3 rings (SSSR count). The lowest BCUT2D eigenvalue weighted by Gasteiger charge is -1.90. The van der Waals surface area contributed by atoms with Gasteiger partial charge in [-0.2, -0.15) is 0 Å². The van der Waals surface area contributed by atoms with Gasteiger partial charge in [-0.05, 0) is 36.8 Å². The van der Waals surface area contributed by atoms with E-state index in [0.717, 1.165) is 32.7 Å². The van der Waals surface area contributed by atoms with E-state index in [-0.39, 0.29) is 0 Å². The molecule has 1 aromatic carbocycles. The number of aromatic amines is 1. The number of halogens is 1. The number of hydrogen-bond acceptors (Lipinski definition) is 2. The Balaban J connectivity index is 2.23. The summed E-state index contributed by atoms with van der Waals surface area (Å²) in [5.41, 5.74) is 3.02. The van der Waals surface area contributed by atoms with Crippen molar-refractivity contribution in [2.75, 3.05) is 0 Å². The molecule has 0 unspecified atom stereocenters. The normalized spacial score (nSPS) is 11.1. The molecule has 0 bridgehead atoms. The van der Waals surface area contributed by atoms with E-state index in [4.69, 9.17) is 4.42 Å². The van der Waals surface area contributed by atoms with E-state index in [1.54, 1.807) is 6.26 Å². The van der Waals surface area contributed by atoms with E-state index in [9.17, 15) is 0 Å². The predicted molar refractivity (Wildman–Crippen MR) is 66.2 cm³/mol. The largest absolute Gasteiger partial charge is 0.461 e. The SMILES string of the molecule is Cc1ccoc1-c1nc2ccc(Br)cc2[nH]1. The Kier molecular flexibility index (Phi) is 2.11. The predicted octanol–water partition coefficient (Wildman–Crippen LogP) is 3.89. The van der Waals surface area contributed by atoms with Crippen molar-refractivity contribution in [3.05, 3.63) is 40.6 Å². The van der Waals surface area contributed by atoms with Crippen LogP contribution in [-0.4, -0.2) is 9.97 Å². The third-order valence-corrected chi connectivity index (χ3v) is 3.01. The Hall–Kier alpha value is -1.55. The van der Waals surface area contributed by atoms with Gasteiger partial charge in [0.15, 0.2) is 11.6 Å². The number of nitrogens with one attached hydrogen (secondary N) is 1. The van der Waals surface area contributed by atoms with Gasteiger partial charge in [-0.25, -0.2) is 4.98 Å². The van der Waals surface area contributed by atoms with Crippen molar-refractivity contribution < 1.29 is 4.42 Å². The van der Waals surface area contributed by atoms with Crippen molar-refractivity contribution >= 4 is 27.0 Å². The first-order chi connectivity index (χ1) is 7.74. The summed E-state index contributed by atoms with van der Waals surface area (Å²) in [4.78, 5) is 7.73. The number of rotatable bonds is 1. The summed E-state index contributed by atoms with van der Waals surface area (Å²) in [7, 11) is 0. The molecule has 0 fully saturated rings. The molecule has 0 aliphatic heterocycles. The summed E-state index contributed by atoms with van der Waals surface area (Å²) in [6.07, 6.45) is 1.67. The molecule has 0 radical (unpaired) electrons. The van der Waals surface area contributed by atoms with Gasteiger partial charge in [-0.3, -0.25) is 0 Å². The minimum Gasteiger partial charge on any atom is -0.461 e. The zero-order valence-corrected chi connectivity index (χ0v) is 10.2. The average Bonchev–Trinajstić information content (AvgIpc) is 2.82. The number of hydrogen-bond donors (Lipinski definition) is 1. The first-order valence-electron chi connectivity index (χ1n) is 4.94. The molecule has 0 atom stereocenters. The number of imidazole rings is 1. The molecule has 0 aliphatic carbocycles. The Morgan fingerprint density at radius 2 is 2.19 bits per heavy atom. The Labute approximate surface area is 101 Å². The number of fused-ring (bicyclic) bond motifs is 1. The number of furan rings is 1. The van der Waals surface area contributed by atoms with Crippen LogP contribution >= 0.6 is 15.9 Å². The van der Waals surface area contributed by atoms with Gasteiger partial charge >= 0.3 is 0 Å². The molecule has 0 saturated heterocycles. The first kappa shape index (κ1) is 9.66. The molecule has 3 aromatic rings. The fourth-order valence-corrected chi connectivity index (χ4v) is 2.07. The van der Waals surface area contributed by atoms with Gasteiger partial charge in [0.25, 0.3) is 0 Å². The van der Waals surface area contributed by atoms with Crippen LogP contribution in [0.15, 0.2) is 39.4 Å². The standard InChI is InChI=1S/C12H9BrN2O/c1-7-4-5-16-11(7)12-14-9-3-2-8(13)6-10(9)15-12/h2-6H,1H3,(H,14,15). The number of nitrogens with zero attached hydrogens (tertiary/aromatic N) is 1. The molecule has 0 amide bonds. The van der Waals surface area contributed by atoms with Crippen LogP contribution in [0, 0.1) is 6.92 Å². The second-order valence-corrected chi connectivity index (χ2v) is 4.60. The summed E-state index contributed by atoms with van der Waals surface area (Å²) in [6.45, 7) is 2.00. The van der Waals surface area contributed by atoms with E-state index in [2.05, 4.69) is 25.9 Å². The van der Waals surface area contributed by atoms with Crippen molar-refractivity contribution in [2.24, 2.45) is 0 Å². The zero-order chi connectivity index (χ0) is 11.1. The minimum absolute atomic E-state index is 0.774. The van der Waals surface area contributed by atoms with Crippen molar-refractivity contribution in [2.45, 2.75) is 6.92 Å². The lowest BCUT2D eigenvalue weighted by atomic mass is 10.3. The summed E-state index contributed by atoms with van der Waals surface area (Å²) in [5, 5.41) is 0. The van der Waals surface area contributed by atoms with E-state index in [0.29, 0.717) is 0 Å². The number of aryl methyl sites for hydroxylation is 1. The number of aromatic nitrogens is 2. The fourth-order valence-electron chi connectivity index (χ4n) is 1.70. The molecule has 16 heavy (non-hydrogen) atoms. The quantitative estimate of drug-likeness (QED) is 0.733. The van der Waals surface area contributed by atoms with Gasteiger partial charge in [-0.15, -0.1) is 0 Å². The zero-order valence-electron chi connectivity index (χ0n) is 8.62. The molecule has 3 nitrogen and oxygen atoms in total. The lowest BCUT2D eigenvalue weighted by Crippen LogP contribution is -1.78. The van der Waals surface area contributed by atoms with Gasteiger partial charge in [0.05, 0.1) is 17.3 Å². The van der Waals surface area contributed by atoms with Gasteiger partial charge in [-0.1, -0.05) is 15.9 Å². The molecule has 2 heterocycles. The van der Waals surface area contributed by atoms with E-state index in [1.807, 2.05) is 31.2 Å². The Bertz CT molecular complexity index is 654. The molecule has 4 heteroatoms. The molecular formula is C12H9BrN2O. The van der Waals surface area contributed by atoms with Crippen LogP contribution < -0.4 is 0 Å². The van der Waals surface area contributed by atoms with Crippen LogP contribution in [0.5, 0.6) is 0 Å². The monoisotopic (exact) mass is 276 g/mol. The summed E-state index contributed by atoms with van der Waals surface area (Å²) in [6, 6.07) is 7.88. The smallest absolute Gasteiger partial charge is 0.174 e. The Morgan fingerprint density at radius 1 is 1.31 bits per heavy atom. The maximum Gasteiger partial charge on any atom is 0.174 e. The number of H-pyrrole nitrogens is 1. The van der Waals surface area contributed by atoms with Crippen LogP contribution in [0.25, 0.3) is 22.6 Å². The van der Waals surface area contributed by atoms with Gasteiger partial charge in [0.2, 0.25) is 0 Å². The van der Waals surface area contributed by atoms with Crippen molar-refractivity contribution in [3.63, 3.8) is 0 Å². The molecule has 0 aliphatic rings. The highest BCUT2D eigenvalue weighted by Crippen LogP contribution is 2.25. The highest BCUT2D eigenvalue weighted by atomic mass is 79.9. The molecule has 2 aromatic heterocycles. The van der Waals surface area contributed by atoms with Crippen LogP contribution in [0.1, 0.15) is 5.56 Å². The molecular weight excluding hydrogens is 268 g/mol. The highest BCUT2D eigenvalue weighted by Gasteiger charge is 2.10. The number of benzene rings is 1. The third kappa shape index (κ3) is 1.46. The molecule has 80 valence electrons. The van der Waals surface area contributed by atoms with Crippen molar-refractivity contribution in [1.82, 2.24) is 9.97 Å². The second-order valence-electron chi connectivity index (χ2n) is 3.68. The Morgan fingerprint density at radius 3 is 2.94 bits per heavy atom. The maximum atomic E-state index is 5.40. The van der Waals surface area contributed by atoms with Gasteiger partial charge in [0.1, 0.15) is 0 Å². The van der Waals surface area contributed by atoms with Crippen molar-refractivity contribution in [1.29, 1.82) is 0 Å². The van der Waals surface area contributed by atoms with Crippen molar-refractivity contribution in [3.8, 4) is 11.6 Å². The maximum absolute atomic E-state index is 5.40. The summed E-state index contributed by atoms with van der Waals surface area (Å²) in [5.74, 6) is 1.57. The van der Waals surface area contributed by atoms with E-state index >= 15 is 0 Å². The minimum atomic E-state index is 0.774. The topological polar surface area (TPSA) is 41.8 Å². The molecule has 1 N–H and O–H groups in total. The summed E-state index contributed by atoms with van der Waals surface area (Å²) < 4.78 is 6.44. The van der Waals surface area contributed by atoms with Crippen LogP contribution in [0.2, 0.25) is 0 Å². The van der Waals surface area contributed by atoms with Gasteiger partial charge in [0, 0.05) is 4.47 Å². The first-order valence-corrected chi connectivity index (χ1v) is 5.73. The van der Waals surface area contributed by atoms with E-state index < -0.39 is 0 Å². The van der Waals surface area contributed by atoms with E-state index in [1.165, 1.54) is 0 Å². The van der Waals surface area contributed by atoms with Crippen LogP contribution in [0.4, 0.5) is 0 Å². The lowest BCUT2D eigenvalue weighted by molar-refractivity contribution is 0.577. The molecule has 0 saturated carbocycles. The van der Waals surface area contributed by atoms with Crippen LogP contribution in [-0.2, 0) is 0 Å². The second kappa shape index (κ2) is 3.49. The third-order valence-electron chi connectivity index (χ3n) is 2.52. The van der Waals surface area contributed by atoms with Crippen LogP contribution in [0.3, 0.4) is 0 Å². The molecule has 0 spiro atoms. The fraction of sp³-hybridized carbons (Fsp3) is 0.0833. The average molecular weight is 277 g/mol. The summed E-state index contributed by atoms with van der Waals surface area (Å²) >= 11 is 3.43.